The van der Waals surface area contributed by atoms with Gasteiger partial charge in [-0.1, -0.05) is 0 Å². The molecule has 1 aromatic heterocycles. The highest BCUT2D eigenvalue weighted by Crippen LogP contribution is 2.20. The molecule has 1 aliphatic heterocycles. The Morgan fingerprint density at radius 2 is 2.12 bits per heavy atom. The first-order valence-electron chi connectivity index (χ1n) is 5.97. The van der Waals surface area contributed by atoms with Gasteiger partial charge in [0, 0.05) is 31.9 Å². The number of pyridine rings is 1. The van der Waals surface area contributed by atoms with Gasteiger partial charge in [0.2, 0.25) is 0 Å². The van der Waals surface area contributed by atoms with Crippen LogP contribution in [0.25, 0.3) is 0 Å². The Balaban J connectivity index is 2.06. The molecule has 2 N–H and O–H groups in total. The van der Waals surface area contributed by atoms with Gasteiger partial charge in [-0.15, -0.1) is 0 Å². The molecule has 4 nitrogen and oxygen atoms in total. The van der Waals surface area contributed by atoms with Crippen LogP contribution in [0.2, 0.25) is 0 Å². The van der Waals surface area contributed by atoms with Crippen LogP contribution < -0.4 is 11.3 Å². The maximum absolute atomic E-state index is 12.2. The van der Waals surface area contributed by atoms with Gasteiger partial charge in [0.15, 0.2) is 0 Å². The van der Waals surface area contributed by atoms with Gasteiger partial charge in [0.25, 0.3) is 5.56 Å². The summed E-state index contributed by atoms with van der Waals surface area (Å²) in [5, 5.41) is 0. The second-order valence-corrected chi connectivity index (χ2v) is 4.44. The first-order valence-corrected chi connectivity index (χ1v) is 5.97. The topological polar surface area (TPSA) is 51.3 Å². The largest absolute Gasteiger partial charge is 0.394 e. The van der Waals surface area contributed by atoms with Gasteiger partial charge in [-0.2, -0.15) is 0 Å². The molecule has 0 saturated carbocycles. The van der Waals surface area contributed by atoms with Crippen LogP contribution in [0.5, 0.6) is 0 Å². The standard InChI is InChI=1S/C12H18FN3O/c13-5-9-15-7-3-10(4-8-15)16-6-1-2-11(14)12(16)17/h1-2,6,10H,3-5,7-9,14H2. The van der Waals surface area contributed by atoms with E-state index >= 15 is 0 Å². The molecule has 5 heteroatoms. The molecule has 0 atom stereocenters. The highest BCUT2D eigenvalue weighted by atomic mass is 19.1. The quantitative estimate of drug-likeness (QED) is 0.857. The number of aromatic nitrogens is 1. The van der Waals surface area contributed by atoms with Crippen LogP contribution in [-0.4, -0.2) is 35.8 Å². The molecule has 94 valence electrons. The van der Waals surface area contributed by atoms with Crippen molar-refractivity contribution < 1.29 is 4.39 Å². The number of piperidine rings is 1. The molecule has 1 aliphatic rings. The van der Waals surface area contributed by atoms with Crippen molar-refractivity contribution in [2.75, 3.05) is 32.0 Å². The second kappa shape index (κ2) is 5.31. The molecule has 0 spiro atoms. The molecule has 0 aliphatic carbocycles. The Labute approximate surface area is 99.8 Å². The van der Waals surface area contributed by atoms with E-state index in [9.17, 15) is 9.18 Å². The average molecular weight is 239 g/mol. The third-order valence-electron chi connectivity index (χ3n) is 3.36. The van der Waals surface area contributed by atoms with Crippen molar-refractivity contribution in [2.24, 2.45) is 0 Å². The highest BCUT2D eigenvalue weighted by Gasteiger charge is 2.20. The minimum atomic E-state index is -0.303. The lowest BCUT2D eigenvalue weighted by Gasteiger charge is -2.32. The molecule has 0 bridgehead atoms. The van der Waals surface area contributed by atoms with E-state index in [1.807, 2.05) is 0 Å². The summed E-state index contributed by atoms with van der Waals surface area (Å²) in [7, 11) is 0. The number of hydrogen-bond acceptors (Lipinski definition) is 3. The Morgan fingerprint density at radius 1 is 1.41 bits per heavy atom. The molecule has 1 aromatic rings. The van der Waals surface area contributed by atoms with Gasteiger partial charge >= 0.3 is 0 Å². The Kier molecular flexibility index (Phi) is 3.78. The number of anilines is 1. The van der Waals surface area contributed by atoms with Gasteiger partial charge in [-0.25, -0.2) is 4.39 Å². The predicted molar refractivity (Wildman–Crippen MR) is 65.8 cm³/mol. The monoisotopic (exact) mass is 239 g/mol. The lowest BCUT2D eigenvalue weighted by molar-refractivity contribution is 0.173. The maximum Gasteiger partial charge on any atom is 0.273 e. The Bertz CT molecular complexity index is 424. The molecule has 1 fully saturated rings. The van der Waals surface area contributed by atoms with Crippen molar-refractivity contribution in [1.82, 2.24) is 9.47 Å². The lowest BCUT2D eigenvalue weighted by Crippen LogP contribution is -2.38. The zero-order valence-corrected chi connectivity index (χ0v) is 9.81. The summed E-state index contributed by atoms with van der Waals surface area (Å²) in [5.41, 5.74) is 5.79. The molecule has 0 amide bonds. The van der Waals surface area contributed by atoms with E-state index in [0.29, 0.717) is 12.2 Å². The van der Waals surface area contributed by atoms with Crippen LogP contribution in [0.4, 0.5) is 10.1 Å². The SMILES string of the molecule is Nc1cccn(C2CCN(CCF)CC2)c1=O. The van der Waals surface area contributed by atoms with Gasteiger partial charge in [-0.3, -0.25) is 4.79 Å². The minimum Gasteiger partial charge on any atom is -0.394 e. The highest BCUT2D eigenvalue weighted by molar-refractivity contribution is 5.33. The van der Waals surface area contributed by atoms with Gasteiger partial charge in [-0.05, 0) is 25.0 Å². The van der Waals surface area contributed by atoms with E-state index in [2.05, 4.69) is 4.90 Å². The smallest absolute Gasteiger partial charge is 0.273 e. The number of halogens is 1. The molecule has 1 saturated heterocycles. The van der Waals surface area contributed by atoms with Crippen molar-refractivity contribution in [3.63, 3.8) is 0 Å². The van der Waals surface area contributed by atoms with Crippen molar-refractivity contribution in [3.8, 4) is 0 Å². The van der Waals surface area contributed by atoms with E-state index in [-0.39, 0.29) is 18.3 Å². The van der Waals surface area contributed by atoms with Gasteiger partial charge in [0.1, 0.15) is 6.67 Å². The number of hydrogen-bond donors (Lipinski definition) is 1. The molecular weight excluding hydrogens is 221 g/mol. The summed E-state index contributed by atoms with van der Waals surface area (Å²) < 4.78 is 13.9. The van der Waals surface area contributed by atoms with Gasteiger partial charge < -0.3 is 15.2 Å². The fourth-order valence-electron chi connectivity index (χ4n) is 2.36. The van der Waals surface area contributed by atoms with E-state index < -0.39 is 0 Å². The zero-order chi connectivity index (χ0) is 12.3. The number of likely N-dealkylation sites (tertiary alicyclic amines) is 1. The molecular formula is C12H18FN3O. The van der Waals surface area contributed by atoms with Crippen molar-refractivity contribution >= 4 is 5.69 Å². The first-order chi connectivity index (χ1) is 8.22. The summed E-state index contributed by atoms with van der Waals surface area (Å²) >= 11 is 0. The zero-order valence-electron chi connectivity index (χ0n) is 9.81. The summed E-state index contributed by atoms with van der Waals surface area (Å²) in [6.45, 7) is 1.88. The van der Waals surface area contributed by atoms with E-state index in [1.165, 1.54) is 0 Å². The molecule has 0 radical (unpaired) electrons. The van der Waals surface area contributed by atoms with E-state index in [1.54, 1.807) is 22.9 Å². The van der Waals surface area contributed by atoms with Crippen molar-refractivity contribution in [2.45, 2.75) is 18.9 Å². The molecule has 17 heavy (non-hydrogen) atoms. The summed E-state index contributed by atoms with van der Waals surface area (Å²) in [6, 6.07) is 3.61. The van der Waals surface area contributed by atoms with Crippen LogP contribution in [0, 0.1) is 0 Å². The lowest BCUT2D eigenvalue weighted by atomic mass is 10.0. The summed E-state index contributed by atoms with van der Waals surface area (Å²) in [5.74, 6) is 0. The average Bonchev–Trinajstić information content (AvgIpc) is 2.34. The van der Waals surface area contributed by atoms with Crippen molar-refractivity contribution in [3.05, 3.63) is 28.7 Å². The Hall–Kier alpha value is -1.36. The van der Waals surface area contributed by atoms with Gasteiger partial charge in [0.05, 0.1) is 5.69 Å². The number of alkyl halides is 1. The number of nitrogens with two attached hydrogens (primary N) is 1. The predicted octanol–water partition coefficient (Wildman–Crippen LogP) is 1.04. The summed E-state index contributed by atoms with van der Waals surface area (Å²) in [6.07, 6.45) is 3.54. The third-order valence-corrected chi connectivity index (χ3v) is 3.36. The number of nitrogens with zero attached hydrogens (tertiary/aromatic N) is 2. The molecule has 2 heterocycles. The maximum atomic E-state index is 12.2. The molecule has 0 aromatic carbocycles. The van der Waals surface area contributed by atoms with E-state index in [0.717, 1.165) is 25.9 Å². The summed E-state index contributed by atoms with van der Waals surface area (Å²) in [4.78, 5) is 13.9. The van der Waals surface area contributed by atoms with Crippen molar-refractivity contribution in [1.29, 1.82) is 0 Å². The number of rotatable bonds is 3. The van der Waals surface area contributed by atoms with Crippen LogP contribution in [0.15, 0.2) is 23.1 Å². The molecule has 2 rings (SSSR count). The fraction of sp³-hybridized carbons (Fsp3) is 0.583. The van der Waals surface area contributed by atoms with Crippen LogP contribution >= 0.6 is 0 Å². The normalized spacial score (nSPS) is 18.4. The first kappa shape index (κ1) is 12.1. The third kappa shape index (κ3) is 2.66. The Morgan fingerprint density at radius 3 is 2.76 bits per heavy atom. The number of nitrogen functional groups attached to an aromatic ring is 1. The van der Waals surface area contributed by atoms with E-state index in [4.69, 9.17) is 5.73 Å². The second-order valence-electron chi connectivity index (χ2n) is 4.44. The molecule has 0 unspecified atom stereocenters. The van der Waals surface area contributed by atoms with Crippen LogP contribution in [0.1, 0.15) is 18.9 Å². The van der Waals surface area contributed by atoms with Crippen LogP contribution in [0.3, 0.4) is 0 Å². The van der Waals surface area contributed by atoms with Crippen LogP contribution in [-0.2, 0) is 0 Å². The minimum absolute atomic E-state index is 0.114. The fourth-order valence-corrected chi connectivity index (χ4v) is 2.36.